The predicted octanol–water partition coefficient (Wildman–Crippen LogP) is 6.29. The number of para-hydroxylation sites is 1. The van der Waals surface area contributed by atoms with Crippen molar-refractivity contribution in [1.29, 1.82) is 0 Å². The van der Waals surface area contributed by atoms with Crippen LogP contribution in [0, 0.1) is 11.8 Å². The minimum Gasteiger partial charge on any atom is -0.462 e. The molecule has 6 heteroatoms. The van der Waals surface area contributed by atoms with E-state index in [1.807, 2.05) is 48.5 Å². The number of rotatable bonds is 12. The van der Waals surface area contributed by atoms with Crippen LogP contribution in [-0.2, 0) is 30.4 Å². The molecule has 0 saturated heterocycles. The van der Waals surface area contributed by atoms with Crippen LogP contribution in [-0.4, -0.2) is 37.0 Å². The van der Waals surface area contributed by atoms with Gasteiger partial charge in [-0.15, -0.1) is 0 Å². The summed E-state index contributed by atoms with van der Waals surface area (Å²) >= 11 is 0. The van der Waals surface area contributed by atoms with E-state index in [4.69, 9.17) is 9.47 Å². The second kappa shape index (κ2) is 15.8. The van der Waals surface area contributed by atoms with E-state index in [2.05, 4.69) is 24.0 Å². The monoisotopic (exact) mass is 541 g/mol. The van der Waals surface area contributed by atoms with Crippen molar-refractivity contribution in [2.75, 3.05) is 18.1 Å². The van der Waals surface area contributed by atoms with Crippen LogP contribution in [0.1, 0.15) is 87.3 Å². The maximum Gasteiger partial charge on any atom is 0.306 e. The second-order valence-electron chi connectivity index (χ2n) is 10.4. The number of benzene rings is 2. The molecule has 1 atom stereocenters. The molecular weight excluding hydrogens is 502 g/mol. The average molecular weight is 542 g/mol. The van der Waals surface area contributed by atoms with Crippen molar-refractivity contribution in [2.24, 2.45) is 0 Å². The topological polar surface area (TPSA) is 72.9 Å². The summed E-state index contributed by atoms with van der Waals surface area (Å²) in [5.74, 6) is 6.21. The summed E-state index contributed by atoms with van der Waals surface area (Å²) < 4.78 is 11.2. The maximum atomic E-state index is 13.3. The van der Waals surface area contributed by atoms with Gasteiger partial charge in [0.2, 0.25) is 5.91 Å². The Bertz CT molecular complexity index is 1250. The molecule has 2 aromatic rings. The van der Waals surface area contributed by atoms with Crippen molar-refractivity contribution in [2.45, 2.75) is 83.3 Å². The lowest BCUT2D eigenvalue weighted by Crippen LogP contribution is -2.32. The van der Waals surface area contributed by atoms with Gasteiger partial charge >= 0.3 is 5.97 Å². The number of carbonyl (C=O) groups excluding carboxylic acids is 3. The van der Waals surface area contributed by atoms with Crippen LogP contribution in [0.3, 0.4) is 0 Å². The fourth-order valence-corrected chi connectivity index (χ4v) is 4.98. The summed E-state index contributed by atoms with van der Waals surface area (Å²) in [6.45, 7) is 1.34. The van der Waals surface area contributed by atoms with Crippen LogP contribution >= 0.6 is 0 Å². The summed E-state index contributed by atoms with van der Waals surface area (Å²) in [6.07, 6.45) is 11.6. The van der Waals surface area contributed by atoms with E-state index in [9.17, 15) is 14.4 Å². The summed E-state index contributed by atoms with van der Waals surface area (Å²) in [5.41, 5.74) is 3.49. The molecule has 210 valence electrons. The van der Waals surface area contributed by atoms with Crippen molar-refractivity contribution in [1.82, 2.24) is 0 Å². The van der Waals surface area contributed by atoms with Gasteiger partial charge in [0.25, 0.3) is 0 Å². The second-order valence-corrected chi connectivity index (χ2v) is 10.4. The van der Waals surface area contributed by atoms with Gasteiger partial charge in [-0.2, -0.15) is 0 Å². The Morgan fingerprint density at radius 2 is 1.57 bits per heavy atom. The van der Waals surface area contributed by atoms with Gasteiger partial charge in [-0.3, -0.25) is 14.4 Å². The molecule has 0 N–H and O–H groups in total. The number of carbonyl (C=O) groups is 3. The van der Waals surface area contributed by atoms with Gasteiger partial charge in [0.15, 0.2) is 0 Å². The van der Waals surface area contributed by atoms with Gasteiger partial charge < -0.3 is 14.4 Å². The van der Waals surface area contributed by atoms with Crippen molar-refractivity contribution < 1.29 is 23.9 Å². The zero-order valence-electron chi connectivity index (χ0n) is 23.2. The summed E-state index contributed by atoms with van der Waals surface area (Å²) in [7, 11) is 0. The van der Waals surface area contributed by atoms with E-state index in [1.54, 1.807) is 4.90 Å². The van der Waals surface area contributed by atoms with Gasteiger partial charge in [0.1, 0.15) is 11.9 Å². The first-order chi connectivity index (χ1) is 19.6. The summed E-state index contributed by atoms with van der Waals surface area (Å²) in [6, 6.07) is 15.5. The molecular formula is C34H39NO5. The smallest absolute Gasteiger partial charge is 0.306 e. The number of fused-ring (bicyclic) bond motifs is 2. The average Bonchev–Trinajstić information content (AvgIpc) is 2.94. The Balaban J connectivity index is 1.13. The van der Waals surface area contributed by atoms with Crippen LogP contribution in [0.5, 0.6) is 0 Å². The number of Topliss-reactive ketones (excluding diaryl/α,β-unsaturated/α-hetero) is 1. The molecule has 1 aliphatic heterocycles. The fourth-order valence-electron chi connectivity index (χ4n) is 4.98. The number of amides is 1. The molecule has 0 radical (unpaired) electrons. The molecule has 1 unspecified atom stereocenters. The number of ether oxygens (including phenoxy) is 2. The first-order valence-electron chi connectivity index (χ1n) is 14.5. The van der Waals surface area contributed by atoms with Gasteiger partial charge in [-0.05, 0) is 62.3 Å². The molecule has 1 amide bonds. The Labute approximate surface area is 237 Å². The van der Waals surface area contributed by atoms with Gasteiger partial charge in [0.05, 0.1) is 12.2 Å². The Morgan fingerprint density at radius 1 is 0.825 bits per heavy atom. The quantitative estimate of drug-likeness (QED) is 0.137. The fraction of sp³-hybridized carbons (Fsp3) is 0.441. The van der Waals surface area contributed by atoms with Crippen molar-refractivity contribution >= 4 is 23.3 Å². The van der Waals surface area contributed by atoms with Gasteiger partial charge in [-0.25, -0.2) is 0 Å². The molecule has 2 aromatic carbocycles. The third kappa shape index (κ3) is 9.20. The van der Waals surface area contributed by atoms with E-state index in [1.165, 1.54) is 0 Å². The molecule has 1 aliphatic carbocycles. The first kappa shape index (κ1) is 29.3. The maximum absolute atomic E-state index is 13.3. The number of anilines is 1. The van der Waals surface area contributed by atoms with E-state index < -0.39 is 0 Å². The Hall–Kier alpha value is -3.69. The third-order valence-corrected chi connectivity index (χ3v) is 7.22. The standard InChI is InChI=1S/C34H39NO5/c36-30(15-10-24-39-25-11-19-34(38)40-31-16-4-2-1-3-5-17-31)22-23-33(37)35-26-29-14-7-6-12-27(29)20-21-28-13-8-9-18-32(28)35/h2,4,6-9,12-14,18,31H,1,3,5,10-11,15-17,19,22-26H2/b4-2+. The van der Waals surface area contributed by atoms with Crippen molar-refractivity contribution in [3.8, 4) is 11.8 Å². The highest BCUT2D eigenvalue weighted by Crippen LogP contribution is 2.26. The van der Waals surface area contributed by atoms with E-state index >= 15 is 0 Å². The van der Waals surface area contributed by atoms with E-state index in [0.29, 0.717) is 45.4 Å². The molecule has 1 heterocycles. The normalized spacial score (nSPS) is 17.0. The minimum absolute atomic E-state index is 0.00838. The Kier molecular flexibility index (Phi) is 11.6. The van der Waals surface area contributed by atoms with Gasteiger partial charge in [-0.1, -0.05) is 54.3 Å². The van der Waals surface area contributed by atoms with Crippen LogP contribution in [0.15, 0.2) is 60.7 Å². The zero-order chi connectivity index (χ0) is 28.0. The molecule has 40 heavy (non-hydrogen) atoms. The molecule has 2 aliphatic rings. The number of esters is 1. The molecule has 0 fully saturated rings. The zero-order valence-corrected chi connectivity index (χ0v) is 23.2. The van der Waals surface area contributed by atoms with Crippen LogP contribution in [0.4, 0.5) is 5.69 Å². The lowest BCUT2D eigenvalue weighted by molar-refractivity contribution is -0.149. The molecule has 6 nitrogen and oxygen atoms in total. The predicted molar refractivity (Wildman–Crippen MR) is 156 cm³/mol. The number of ketones is 1. The SMILES string of the molecule is O=C(CCCOCCCC(=O)OC1C/C=C/CCCC1)CCC(=O)N1Cc2ccccc2C#Cc2ccccc21. The highest BCUT2D eigenvalue weighted by Gasteiger charge is 2.21. The van der Waals surface area contributed by atoms with E-state index in [0.717, 1.165) is 54.5 Å². The number of nitrogens with zero attached hydrogens (tertiary/aromatic N) is 1. The highest BCUT2D eigenvalue weighted by molar-refractivity contribution is 5.97. The number of allylic oxidation sites excluding steroid dienone is 1. The van der Waals surface area contributed by atoms with Crippen molar-refractivity contribution in [3.63, 3.8) is 0 Å². The Morgan fingerprint density at radius 3 is 2.45 bits per heavy atom. The number of hydrogen-bond acceptors (Lipinski definition) is 5. The molecule has 0 aromatic heterocycles. The lowest BCUT2D eigenvalue weighted by Gasteiger charge is -2.26. The summed E-state index contributed by atoms with van der Waals surface area (Å²) in [4.78, 5) is 39.6. The molecule has 0 bridgehead atoms. The van der Waals surface area contributed by atoms with Gasteiger partial charge in [0, 0.05) is 56.4 Å². The van der Waals surface area contributed by atoms with Crippen LogP contribution in [0.2, 0.25) is 0 Å². The third-order valence-electron chi connectivity index (χ3n) is 7.22. The lowest BCUT2D eigenvalue weighted by atomic mass is 10.0. The largest absolute Gasteiger partial charge is 0.462 e. The van der Waals surface area contributed by atoms with E-state index in [-0.39, 0.29) is 36.6 Å². The molecule has 0 spiro atoms. The summed E-state index contributed by atoms with van der Waals surface area (Å²) in [5, 5.41) is 0. The van der Waals surface area contributed by atoms with Crippen molar-refractivity contribution in [3.05, 3.63) is 77.4 Å². The molecule has 0 saturated carbocycles. The van der Waals surface area contributed by atoms with Crippen LogP contribution in [0.25, 0.3) is 0 Å². The molecule has 4 rings (SSSR count). The highest BCUT2D eigenvalue weighted by atomic mass is 16.5. The number of hydrogen-bond donors (Lipinski definition) is 0. The van der Waals surface area contributed by atoms with Crippen LogP contribution < -0.4 is 4.90 Å². The minimum atomic E-state index is -0.166. The first-order valence-corrected chi connectivity index (χ1v) is 14.5.